The number of benzene rings is 2. The Balaban J connectivity index is 1.82. The number of amides is 1. The minimum Gasteiger partial charge on any atom is -0.483 e. The van der Waals surface area contributed by atoms with Gasteiger partial charge >= 0.3 is 11.9 Å². The SMILES string of the molecule is COC(=O)[C@H]1N(C(=O)c2ccccc2)N=C2N(C(C)(C)C)C=C3C(=O)c4ccccc4O[C@@H]3[C@]21C(=O)OC. The van der Waals surface area contributed by atoms with Crippen molar-refractivity contribution < 1.29 is 33.4 Å². The van der Waals surface area contributed by atoms with Crippen LogP contribution in [-0.2, 0) is 19.1 Å². The number of hydrogen-bond acceptors (Lipinski definition) is 9. The zero-order valence-corrected chi connectivity index (χ0v) is 21.6. The topological polar surface area (TPSA) is 115 Å². The summed E-state index contributed by atoms with van der Waals surface area (Å²) in [6.07, 6.45) is 0.251. The van der Waals surface area contributed by atoms with Crippen LogP contribution in [0.1, 0.15) is 41.5 Å². The molecule has 3 aliphatic heterocycles. The fourth-order valence-electron chi connectivity index (χ4n) is 5.22. The number of para-hydroxylation sites is 1. The highest BCUT2D eigenvalue weighted by molar-refractivity contribution is 6.20. The number of carbonyl (C=O) groups excluding carboxylic acids is 4. The third-order valence-electron chi connectivity index (χ3n) is 6.98. The highest BCUT2D eigenvalue weighted by Crippen LogP contribution is 2.51. The molecule has 2 aromatic rings. The molecule has 0 unspecified atom stereocenters. The number of amidine groups is 1. The molecular formula is C28H27N3O7. The third-order valence-corrected chi connectivity index (χ3v) is 6.98. The zero-order valence-electron chi connectivity index (χ0n) is 21.6. The molecule has 10 heteroatoms. The Hall–Kier alpha value is -4.47. The molecule has 0 spiro atoms. The van der Waals surface area contributed by atoms with Crippen molar-refractivity contribution in [1.82, 2.24) is 9.91 Å². The number of Topliss-reactive ketones (excluding diaryl/α,β-unsaturated/α-hetero) is 1. The average molecular weight is 518 g/mol. The van der Waals surface area contributed by atoms with Crippen LogP contribution in [0.25, 0.3) is 0 Å². The average Bonchev–Trinajstić information content (AvgIpc) is 3.28. The van der Waals surface area contributed by atoms with Crippen LogP contribution in [0.5, 0.6) is 5.75 Å². The first kappa shape index (κ1) is 25.2. The van der Waals surface area contributed by atoms with Crippen LogP contribution in [0.3, 0.4) is 0 Å². The molecule has 0 aliphatic carbocycles. The Bertz CT molecular complexity index is 1410. The summed E-state index contributed by atoms with van der Waals surface area (Å²) in [5.74, 6) is -2.54. The summed E-state index contributed by atoms with van der Waals surface area (Å²) < 4.78 is 16.7. The quantitative estimate of drug-likeness (QED) is 0.571. The van der Waals surface area contributed by atoms with Crippen LogP contribution in [0.4, 0.5) is 0 Å². The molecule has 3 atom stereocenters. The number of hydrogen-bond donors (Lipinski definition) is 0. The van der Waals surface area contributed by atoms with E-state index in [-0.39, 0.29) is 28.5 Å². The smallest absolute Gasteiger partial charge is 0.332 e. The molecule has 38 heavy (non-hydrogen) atoms. The van der Waals surface area contributed by atoms with Crippen molar-refractivity contribution in [2.75, 3.05) is 14.2 Å². The highest BCUT2D eigenvalue weighted by Gasteiger charge is 2.73. The summed E-state index contributed by atoms with van der Waals surface area (Å²) in [5.41, 5.74) is -2.10. The van der Waals surface area contributed by atoms with Gasteiger partial charge in [-0.15, -0.1) is 0 Å². The van der Waals surface area contributed by atoms with E-state index in [1.165, 1.54) is 7.11 Å². The van der Waals surface area contributed by atoms with Crippen LogP contribution >= 0.6 is 0 Å². The molecule has 2 aromatic carbocycles. The molecule has 196 valence electrons. The van der Waals surface area contributed by atoms with Gasteiger partial charge in [0.25, 0.3) is 5.91 Å². The lowest BCUT2D eigenvalue weighted by Gasteiger charge is -2.49. The molecule has 3 aliphatic rings. The zero-order chi connectivity index (χ0) is 27.4. The molecule has 0 radical (unpaired) electrons. The van der Waals surface area contributed by atoms with Gasteiger partial charge in [-0.1, -0.05) is 30.3 Å². The van der Waals surface area contributed by atoms with Gasteiger partial charge in [0.2, 0.25) is 5.41 Å². The minimum atomic E-state index is -2.05. The van der Waals surface area contributed by atoms with Gasteiger partial charge in [-0.05, 0) is 45.0 Å². The molecule has 0 saturated carbocycles. The number of esters is 2. The predicted octanol–water partition coefficient (Wildman–Crippen LogP) is 2.80. The van der Waals surface area contributed by atoms with Crippen molar-refractivity contribution in [1.29, 1.82) is 0 Å². The van der Waals surface area contributed by atoms with Gasteiger partial charge in [0.15, 0.2) is 23.8 Å². The summed E-state index contributed by atoms with van der Waals surface area (Å²) in [6.45, 7) is 5.56. The maximum Gasteiger partial charge on any atom is 0.332 e. The lowest BCUT2D eigenvalue weighted by molar-refractivity contribution is -0.165. The summed E-state index contributed by atoms with van der Waals surface area (Å²) in [6, 6.07) is 13.3. The molecule has 1 amide bonds. The van der Waals surface area contributed by atoms with E-state index in [4.69, 9.17) is 14.2 Å². The van der Waals surface area contributed by atoms with Gasteiger partial charge in [0.05, 0.1) is 25.4 Å². The van der Waals surface area contributed by atoms with Crippen molar-refractivity contribution in [3.8, 4) is 5.75 Å². The number of fused-ring (bicyclic) bond motifs is 4. The van der Waals surface area contributed by atoms with Crippen molar-refractivity contribution >= 4 is 29.5 Å². The van der Waals surface area contributed by atoms with Crippen LogP contribution < -0.4 is 4.74 Å². The molecule has 3 heterocycles. The van der Waals surface area contributed by atoms with Crippen LogP contribution in [0.2, 0.25) is 0 Å². The lowest BCUT2D eigenvalue weighted by atomic mass is 9.67. The fraction of sp³-hybridized carbons (Fsp3) is 0.321. The summed E-state index contributed by atoms with van der Waals surface area (Å²) in [5, 5.41) is 5.53. The monoisotopic (exact) mass is 517 g/mol. The van der Waals surface area contributed by atoms with E-state index in [1.54, 1.807) is 65.7 Å². The highest BCUT2D eigenvalue weighted by atomic mass is 16.5. The third kappa shape index (κ3) is 3.43. The molecule has 0 fully saturated rings. The van der Waals surface area contributed by atoms with Crippen molar-refractivity contribution in [2.45, 2.75) is 38.5 Å². The first-order valence-corrected chi connectivity index (χ1v) is 12.0. The number of ketones is 1. The Labute approximate surface area is 219 Å². The normalized spacial score (nSPS) is 23.8. The number of hydrazone groups is 1. The molecule has 5 rings (SSSR count). The van der Waals surface area contributed by atoms with E-state index in [0.717, 1.165) is 12.1 Å². The second kappa shape index (κ2) is 8.83. The van der Waals surface area contributed by atoms with Gasteiger partial charge in [0, 0.05) is 17.3 Å². The second-order valence-electron chi connectivity index (χ2n) is 10.2. The lowest BCUT2D eigenvalue weighted by Crippen LogP contribution is -2.69. The molecular weight excluding hydrogens is 490 g/mol. The second-order valence-corrected chi connectivity index (χ2v) is 10.2. The van der Waals surface area contributed by atoms with Gasteiger partial charge < -0.3 is 19.1 Å². The summed E-state index contributed by atoms with van der Waals surface area (Å²) >= 11 is 0. The molecule has 0 N–H and O–H groups in total. The van der Waals surface area contributed by atoms with Gasteiger partial charge in [-0.2, -0.15) is 5.10 Å². The van der Waals surface area contributed by atoms with E-state index in [0.29, 0.717) is 5.56 Å². The number of carbonyl (C=O) groups is 4. The largest absolute Gasteiger partial charge is 0.483 e. The maximum atomic E-state index is 14.0. The van der Waals surface area contributed by atoms with Crippen molar-refractivity contribution in [2.24, 2.45) is 10.5 Å². The molecule has 10 nitrogen and oxygen atoms in total. The standard InChI is InChI=1S/C28H27N3O7/c1-27(2,3)30-15-18-20(32)17-13-9-10-14-19(17)38-22(18)28(26(35)37-5)21(24(34)36-4)31(29-25(28)30)23(33)16-11-7-6-8-12-16/h6-15,21-22H,1-5H3/t21-,22+,28+/m1/s1. The van der Waals surface area contributed by atoms with Crippen molar-refractivity contribution in [3.63, 3.8) is 0 Å². The maximum absolute atomic E-state index is 14.0. The van der Waals surface area contributed by atoms with Crippen LogP contribution in [0, 0.1) is 5.41 Å². The number of nitrogens with zero attached hydrogens (tertiary/aromatic N) is 3. The number of rotatable bonds is 3. The van der Waals surface area contributed by atoms with E-state index in [1.807, 2.05) is 20.8 Å². The summed E-state index contributed by atoms with van der Waals surface area (Å²) in [7, 11) is 2.32. The first-order chi connectivity index (χ1) is 18.1. The predicted molar refractivity (Wildman–Crippen MR) is 135 cm³/mol. The molecule has 0 saturated heterocycles. The van der Waals surface area contributed by atoms with Crippen LogP contribution in [-0.4, -0.2) is 71.3 Å². The first-order valence-electron chi connectivity index (χ1n) is 12.0. The van der Waals surface area contributed by atoms with Crippen molar-refractivity contribution in [3.05, 3.63) is 77.5 Å². The van der Waals surface area contributed by atoms with Gasteiger partial charge in [0.1, 0.15) is 5.75 Å². The summed E-state index contributed by atoms with van der Waals surface area (Å²) in [4.78, 5) is 56.7. The Morgan fingerprint density at radius 2 is 1.63 bits per heavy atom. The van der Waals surface area contributed by atoms with E-state index in [9.17, 15) is 19.2 Å². The fourth-order valence-corrected chi connectivity index (χ4v) is 5.22. The Morgan fingerprint density at radius 3 is 2.26 bits per heavy atom. The minimum absolute atomic E-state index is 0.0393. The van der Waals surface area contributed by atoms with E-state index < -0.39 is 40.9 Å². The Morgan fingerprint density at radius 1 is 0.974 bits per heavy atom. The van der Waals surface area contributed by atoms with E-state index in [2.05, 4.69) is 5.10 Å². The molecule has 0 aromatic heterocycles. The number of methoxy groups -OCH3 is 2. The Kier molecular flexibility index (Phi) is 5.85. The van der Waals surface area contributed by atoms with E-state index >= 15 is 0 Å². The number of ether oxygens (including phenoxy) is 3. The van der Waals surface area contributed by atoms with Gasteiger partial charge in [-0.3, -0.25) is 14.4 Å². The van der Waals surface area contributed by atoms with Gasteiger partial charge in [-0.25, -0.2) is 9.80 Å². The van der Waals surface area contributed by atoms with Crippen LogP contribution in [0.15, 0.2) is 71.5 Å². The molecule has 0 bridgehead atoms.